The molecule has 4 aliphatic heterocycles. The number of ether oxygens (including phenoxy) is 2. The van der Waals surface area contributed by atoms with Gasteiger partial charge in [0.2, 0.25) is 17.2 Å². The first-order valence-corrected chi connectivity index (χ1v) is 10.3. The fraction of sp³-hybridized carbons (Fsp3) is 0.0500. The molecule has 10 heteroatoms. The number of fused-ring (bicyclic) bond motifs is 10. The van der Waals surface area contributed by atoms with Gasteiger partial charge in [-0.05, 0) is 18.2 Å². The van der Waals surface area contributed by atoms with Gasteiger partial charge in [0.1, 0.15) is 11.5 Å². The number of rotatable bonds is 0. The average molecular weight is 424 g/mol. The molecule has 30 heavy (non-hydrogen) atoms. The number of phosphoric ester groups is 1. The third kappa shape index (κ3) is 1.59. The summed E-state index contributed by atoms with van der Waals surface area (Å²) in [6.07, 6.45) is 0. The topological polar surface area (TPSA) is 121 Å². The van der Waals surface area contributed by atoms with Gasteiger partial charge in [-0.25, -0.2) is 4.79 Å². The van der Waals surface area contributed by atoms with E-state index in [1.54, 1.807) is 30.3 Å². The van der Waals surface area contributed by atoms with Gasteiger partial charge in [0.05, 0.1) is 11.1 Å². The van der Waals surface area contributed by atoms with E-state index in [4.69, 9.17) is 23.0 Å². The molecule has 0 fully saturated rings. The van der Waals surface area contributed by atoms with Crippen molar-refractivity contribution in [2.45, 2.75) is 5.60 Å². The molecule has 3 aromatic rings. The van der Waals surface area contributed by atoms with E-state index < -0.39 is 25.1 Å². The summed E-state index contributed by atoms with van der Waals surface area (Å²) in [5.41, 5.74) is -0.120. The predicted octanol–water partition coefficient (Wildman–Crippen LogP) is 3.94. The number of hydrogen-bond acceptors (Lipinski definition) is 9. The summed E-state index contributed by atoms with van der Waals surface area (Å²) in [5, 5.41) is 20.5. The molecule has 3 bridgehead atoms. The molecule has 148 valence electrons. The number of esters is 1. The molecule has 0 saturated heterocycles. The van der Waals surface area contributed by atoms with E-state index in [1.807, 2.05) is 0 Å². The summed E-state index contributed by atoms with van der Waals surface area (Å²) < 4.78 is 40.7. The average Bonchev–Trinajstić information content (AvgIpc) is 3.13. The molecular formula is C20H9O9P. The van der Waals surface area contributed by atoms with Crippen LogP contribution in [0.4, 0.5) is 0 Å². The number of aromatic hydroxyl groups is 2. The first-order chi connectivity index (χ1) is 14.4. The molecule has 7 rings (SSSR count). The lowest BCUT2D eigenvalue weighted by Crippen LogP contribution is -2.33. The number of phosphoric acid groups is 1. The minimum absolute atomic E-state index is 0.0325. The fourth-order valence-corrected chi connectivity index (χ4v) is 5.74. The maximum Gasteiger partial charge on any atom is 0.647 e. The normalized spacial score (nSPS) is 25.4. The number of benzene rings is 3. The van der Waals surface area contributed by atoms with Crippen LogP contribution in [0, 0.1) is 0 Å². The third-order valence-corrected chi connectivity index (χ3v) is 6.81. The molecule has 3 aromatic carbocycles. The summed E-state index contributed by atoms with van der Waals surface area (Å²) in [5.74, 6) is -1.46. The number of phenols is 2. The second kappa shape index (κ2) is 4.66. The van der Waals surface area contributed by atoms with Crippen molar-refractivity contribution < 1.29 is 42.6 Å². The lowest BCUT2D eigenvalue weighted by atomic mass is 9.77. The quantitative estimate of drug-likeness (QED) is 0.408. The smallest absolute Gasteiger partial charge is 0.508 e. The SMILES string of the molecule is O=C1OC2(c3ccc(O)cc3Oc3c4c(O)c5c(c32)OP(=O)(O4)O5)c2ccccc21. The van der Waals surface area contributed by atoms with E-state index in [-0.39, 0.29) is 40.1 Å². The monoisotopic (exact) mass is 424 g/mol. The highest BCUT2D eigenvalue weighted by atomic mass is 31.2. The molecule has 4 heterocycles. The van der Waals surface area contributed by atoms with Gasteiger partial charge in [0, 0.05) is 17.2 Å². The van der Waals surface area contributed by atoms with Crippen molar-refractivity contribution in [1.82, 2.24) is 0 Å². The van der Waals surface area contributed by atoms with Crippen LogP contribution >= 0.6 is 7.82 Å². The van der Waals surface area contributed by atoms with E-state index in [9.17, 15) is 19.6 Å². The lowest BCUT2D eigenvalue weighted by molar-refractivity contribution is 0.0220. The Labute approximate surface area is 167 Å². The van der Waals surface area contributed by atoms with E-state index in [0.29, 0.717) is 16.7 Å². The van der Waals surface area contributed by atoms with Gasteiger partial charge in [-0.3, -0.25) is 0 Å². The zero-order valence-corrected chi connectivity index (χ0v) is 15.6. The van der Waals surface area contributed by atoms with Crippen LogP contribution in [0.3, 0.4) is 0 Å². The Kier molecular flexibility index (Phi) is 2.49. The van der Waals surface area contributed by atoms with Crippen LogP contribution in [-0.2, 0) is 14.9 Å². The molecule has 2 unspecified atom stereocenters. The maximum atomic E-state index is 12.8. The van der Waals surface area contributed by atoms with Crippen LogP contribution in [-0.4, -0.2) is 16.2 Å². The number of phenolic OH excluding ortho intramolecular Hbond substituents is 2. The molecule has 0 saturated carbocycles. The van der Waals surface area contributed by atoms with Crippen LogP contribution in [0.1, 0.15) is 27.0 Å². The van der Waals surface area contributed by atoms with Crippen molar-refractivity contribution in [2.75, 3.05) is 0 Å². The van der Waals surface area contributed by atoms with Crippen molar-refractivity contribution >= 4 is 13.8 Å². The van der Waals surface area contributed by atoms with E-state index in [2.05, 4.69) is 0 Å². The van der Waals surface area contributed by atoms with Crippen LogP contribution in [0.2, 0.25) is 0 Å². The molecular weight excluding hydrogens is 415 g/mol. The van der Waals surface area contributed by atoms with Gasteiger partial charge in [0.25, 0.3) is 0 Å². The fourth-order valence-electron chi connectivity index (χ4n) is 4.45. The maximum absolute atomic E-state index is 12.8. The minimum atomic E-state index is -4.05. The van der Waals surface area contributed by atoms with Crippen molar-refractivity contribution in [3.63, 3.8) is 0 Å². The second-order valence-electron chi connectivity index (χ2n) is 7.16. The van der Waals surface area contributed by atoms with Crippen LogP contribution in [0.15, 0.2) is 42.5 Å². The highest BCUT2D eigenvalue weighted by Crippen LogP contribution is 2.76. The van der Waals surface area contributed by atoms with Gasteiger partial charge in [0.15, 0.2) is 17.1 Å². The number of carbonyl (C=O) groups is 1. The van der Waals surface area contributed by atoms with E-state index in [1.165, 1.54) is 12.1 Å². The van der Waals surface area contributed by atoms with Gasteiger partial charge in [-0.15, -0.1) is 0 Å². The minimum Gasteiger partial charge on any atom is -0.508 e. The van der Waals surface area contributed by atoms with Crippen molar-refractivity contribution in [3.05, 3.63) is 64.7 Å². The first kappa shape index (κ1) is 16.0. The van der Waals surface area contributed by atoms with Gasteiger partial charge in [-0.2, -0.15) is 4.57 Å². The highest BCUT2D eigenvalue weighted by molar-refractivity contribution is 7.50. The number of carbonyl (C=O) groups excluding carboxylic acids is 1. The summed E-state index contributed by atoms with van der Waals surface area (Å²) in [6.45, 7) is 0. The first-order valence-electron chi connectivity index (χ1n) is 8.88. The van der Waals surface area contributed by atoms with Crippen LogP contribution in [0.25, 0.3) is 0 Å². The Balaban J connectivity index is 1.68. The Hall–Kier alpha value is -3.84. The van der Waals surface area contributed by atoms with Gasteiger partial charge in [-0.1, -0.05) is 18.2 Å². The summed E-state index contributed by atoms with van der Waals surface area (Å²) in [7, 11) is -4.05. The predicted molar refractivity (Wildman–Crippen MR) is 97.5 cm³/mol. The molecule has 1 spiro atoms. The number of hydrogen-bond donors (Lipinski definition) is 2. The van der Waals surface area contributed by atoms with Crippen LogP contribution in [0.5, 0.6) is 40.2 Å². The molecule has 2 N–H and O–H groups in total. The van der Waals surface area contributed by atoms with Crippen LogP contribution < -0.4 is 18.3 Å². The zero-order chi connectivity index (χ0) is 20.4. The summed E-state index contributed by atoms with van der Waals surface area (Å²) in [4.78, 5) is 12.8. The molecule has 0 radical (unpaired) electrons. The molecule has 2 atom stereocenters. The van der Waals surface area contributed by atoms with Crippen molar-refractivity contribution in [3.8, 4) is 40.2 Å². The van der Waals surface area contributed by atoms with E-state index in [0.717, 1.165) is 0 Å². The van der Waals surface area contributed by atoms with Crippen molar-refractivity contribution in [1.29, 1.82) is 0 Å². The second-order valence-corrected chi connectivity index (χ2v) is 8.60. The van der Waals surface area contributed by atoms with Gasteiger partial charge < -0.3 is 33.3 Å². The Morgan fingerprint density at radius 1 is 0.867 bits per heavy atom. The Morgan fingerprint density at radius 2 is 1.60 bits per heavy atom. The zero-order valence-electron chi connectivity index (χ0n) is 14.7. The Bertz CT molecular complexity index is 1410. The largest absolute Gasteiger partial charge is 0.647 e. The Morgan fingerprint density at radius 3 is 2.43 bits per heavy atom. The standard InChI is InChI=1S/C20H9O9P/c21-8-5-6-11-12(7-8)25-15-13(16-18-14(22)17(15)28-30(24,27-16)29-18)20(11)10-4-2-1-3-9(10)19(23)26-20/h1-7,21-22H. The van der Waals surface area contributed by atoms with Gasteiger partial charge >= 0.3 is 13.8 Å². The molecule has 9 nitrogen and oxygen atoms in total. The molecule has 4 aliphatic rings. The van der Waals surface area contributed by atoms with Crippen molar-refractivity contribution in [2.24, 2.45) is 0 Å². The summed E-state index contributed by atoms with van der Waals surface area (Å²) in [6, 6.07) is 11.2. The third-order valence-electron chi connectivity index (χ3n) is 5.59. The lowest BCUT2D eigenvalue weighted by Gasteiger charge is -2.37. The van der Waals surface area contributed by atoms with E-state index >= 15 is 0 Å². The molecule has 0 aromatic heterocycles. The molecule has 0 aliphatic carbocycles. The summed E-state index contributed by atoms with van der Waals surface area (Å²) >= 11 is 0. The highest BCUT2D eigenvalue weighted by Gasteiger charge is 2.62. The molecule has 0 amide bonds.